The van der Waals surface area contributed by atoms with E-state index in [1.54, 1.807) is 17.5 Å². The molecule has 0 aromatic carbocycles. The summed E-state index contributed by atoms with van der Waals surface area (Å²) in [4.78, 5) is 17.9. The van der Waals surface area contributed by atoms with Crippen LogP contribution in [0, 0.1) is 0 Å². The van der Waals surface area contributed by atoms with Crippen LogP contribution in [0.5, 0.6) is 0 Å². The highest BCUT2D eigenvalue weighted by Crippen LogP contribution is 2.48. The van der Waals surface area contributed by atoms with Crippen molar-refractivity contribution in [3.63, 3.8) is 0 Å². The monoisotopic (exact) mass is 259 g/mol. The third-order valence-corrected chi connectivity index (χ3v) is 4.31. The molecule has 0 N–H and O–H groups in total. The summed E-state index contributed by atoms with van der Waals surface area (Å²) < 4.78 is 4.79. The quantitative estimate of drug-likeness (QED) is 0.792. The van der Waals surface area contributed by atoms with Gasteiger partial charge < -0.3 is 4.74 Å². The van der Waals surface area contributed by atoms with Gasteiger partial charge in [0.2, 0.25) is 0 Å². The molecule has 0 saturated heterocycles. The molecule has 18 heavy (non-hydrogen) atoms. The minimum atomic E-state index is -0.260. The lowest BCUT2D eigenvalue weighted by Crippen LogP contribution is -1.96. The molecular weight excluding hydrogens is 246 g/mol. The molecule has 92 valence electrons. The molecule has 4 heteroatoms. The van der Waals surface area contributed by atoms with Crippen molar-refractivity contribution in [2.75, 3.05) is 7.11 Å². The molecule has 2 aromatic rings. The van der Waals surface area contributed by atoms with Gasteiger partial charge in [-0.1, -0.05) is 6.07 Å². The minimum Gasteiger partial charge on any atom is -0.465 e. The molecule has 0 aliphatic heterocycles. The van der Waals surface area contributed by atoms with Crippen LogP contribution in [-0.2, 0) is 4.74 Å². The molecule has 3 nitrogen and oxygen atoms in total. The fourth-order valence-electron chi connectivity index (χ4n) is 1.98. The van der Waals surface area contributed by atoms with E-state index < -0.39 is 0 Å². The van der Waals surface area contributed by atoms with E-state index in [0.29, 0.717) is 10.8 Å². The van der Waals surface area contributed by atoms with E-state index in [1.165, 1.54) is 24.8 Å². The zero-order valence-electron chi connectivity index (χ0n) is 10.1. The van der Waals surface area contributed by atoms with Crippen molar-refractivity contribution >= 4 is 17.3 Å². The van der Waals surface area contributed by atoms with Crippen molar-refractivity contribution in [1.29, 1.82) is 0 Å². The lowest BCUT2D eigenvalue weighted by molar-refractivity contribution is 0.0606. The number of carbonyl (C=O) groups is 1. The largest absolute Gasteiger partial charge is 0.465 e. The van der Waals surface area contributed by atoms with Crippen LogP contribution >= 0.6 is 11.3 Å². The molecule has 0 bridgehead atoms. The summed E-state index contributed by atoms with van der Waals surface area (Å²) in [6, 6.07) is 7.75. The van der Waals surface area contributed by atoms with Crippen LogP contribution in [0.3, 0.4) is 0 Å². The van der Waals surface area contributed by atoms with Crippen LogP contribution in [0.4, 0.5) is 0 Å². The highest BCUT2D eigenvalue weighted by molar-refractivity contribution is 7.14. The normalized spacial score (nSPS) is 14.5. The lowest BCUT2D eigenvalue weighted by atomic mass is 10.1. The number of nitrogens with zero attached hydrogens (tertiary/aromatic N) is 1. The fraction of sp³-hybridized carbons (Fsp3) is 0.286. The van der Waals surface area contributed by atoms with Crippen LogP contribution in [0.1, 0.15) is 33.3 Å². The Labute approximate surface area is 109 Å². The molecule has 0 atom stereocenters. The smallest absolute Gasteiger partial charge is 0.348 e. The Morgan fingerprint density at radius 2 is 2.28 bits per heavy atom. The Bertz CT molecular complexity index is 573. The Morgan fingerprint density at radius 1 is 1.44 bits per heavy atom. The fourth-order valence-corrected chi connectivity index (χ4v) is 3.23. The van der Waals surface area contributed by atoms with Gasteiger partial charge in [-0.15, -0.1) is 11.3 Å². The Hall–Kier alpha value is -1.68. The topological polar surface area (TPSA) is 39.2 Å². The summed E-state index contributed by atoms with van der Waals surface area (Å²) >= 11 is 1.54. The maximum absolute atomic E-state index is 11.6. The molecular formula is C14H13NO2S. The standard InChI is InChI=1S/C14H13NO2S/c1-17-14(16)12-8-10(11-4-2-3-7-15-11)13(18-12)9-5-6-9/h2-4,7-9H,5-6H2,1H3. The van der Waals surface area contributed by atoms with Gasteiger partial charge in [0.1, 0.15) is 4.88 Å². The van der Waals surface area contributed by atoms with Crippen molar-refractivity contribution in [2.24, 2.45) is 0 Å². The van der Waals surface area contributed by atoms with Crippen molar-refractivity contribution in [1.82, 2.24) is 4.98 Å². The molecule has 0 amide bonds. The number of rotatable bonds is 3. The second-order valence-electron chi connectivity index (χ2n) is 4.37. The Kier molecular flexibility index (Phi) is 2.88. The zero-order valence-corrected chi connectivity index (χ0v) is 10.9. The molecule has 1 aliphatic rings. The number of pyridine rings is 1. The molecule has 3 rings (SSSR count). The second-order valence-corrected chi connectivity index (χ2v) is 5.45. The van der Waals surface area contributed by atoms with Crippen molar-refractivity contribution in [3.05, 3.63) is 40.2 Å². The number of hydrogen-bond donors (Lipinski definition) is 0. The van der Waals surface area contributed by atoms with Crippen molar-refractivity contribution in [3.8, 4) is 11.3 Å². The van der Waals surface area contributed by atoms with Gasteiger partial charge in [-0.2, -0.15) is 0 Å². The van der Waals surface area contributed by atoms with Crippen LogP contribution in [0.15, 0.2) is 30.5 Å². The maximum atomic E-state index is 11.6. The molecule has 1 aliphatic carbocycles. The van der Waals surface area contributed by atoms with E-state index in [4.69, 9.17) is 4.74 Å². The van der Waals surface area contributed by atoms with E-state index in [9.17, 15) is 4.79 Å². The SMILES string of the molecule is COC(=O)c1cc(-c2ccccn2)c(C2CC2)s1. The summed E-state index contributed by atoms with van der Waals surface area (Å²) in [6.07, 6.45) is 4.20. The lowest BCUT2D eigenvalue weighted by Gasteiger charge is -2.00. The summed E-state index contributed by atoms with van der Waals surface area (Å²) in [6.45, 7) is 0. The highest BCUT2D eigenvalue weighted by Gasteiger charge is 2.30. The predicted octanol–water partition coefficient (Wildman–Crippen LogP) is 3.47. The van der Waals surface area contributed by atoms with E-state index in [2.05, 4.69) is 4.98 Å². The van der Waals surface area contributed by atoms with E-state index >= 15 is 0 Å². The number of carbonyl (C=O) groups excluding carboxylic acids is 1. The number of thiophene rings is 1. The van der Waals surface area contributed by atoms with E-state index in [1.807, 2.05) is 24.3 Å². The van der Waals surface area contributed by atoms with Gasteiger partial charge in [0.25, 0.3) is 0 Å². The molecule has 0 spiro atoms. The molecule has 2 heterocycles. The molecule has 1 fully saturated rings. The van der Waals surface area contributed by atoms with Crippen LogP contribution in [0.25, 0.3) is 11.3 Å². The van der Waals surface area contributed by atoms with Crippen LogP contribution in [0.2, 0.25) is 0 Å². The van der Waals surface area contributed by atoms with E-state index in [0.717, 1.165) is 11.3 Å². The summed E-state index contributed by atoms with van der Waals surface area (Å²) in [5, 5.41) is 0. The number of esters is 1. The first-order valence-electron chi connectivity index (χ1n) is 5.93. The van der Waals surface area contributed by atoms with Crippen LogP contribution in [-0.4, -0.2) is 18.1 Å². The second kappa shape index (κ2) is 4.53. The molecule has 2 aromatic heterocycles. The summed E-state index contributed by atoms with van der Waals surface area (Å²) in [5.74, 6) is 0.342. The van der Waals surface area contributed by atoms with Gasteiger partial charge in [0, 0.05) is 16.6 Å². The van der Waals surface area contributed by atoms with Gasteiger partial charge in [-0.3, -0.25) is 4.98 Å². The maximum Gasteiger partial charge on any atom is 0.348 e. The van der Waals surface area contributed by atoms with E-state index in [-0.39, 0.29) is 5.97 Å². The predicted molar refractivity (Wildman–Crippen MR) is 70.9 cm³/mol. The average molecular weight is 259 g/mol. The van der Waals surface area contributed by atoms with Crippen LogP contribution < -0.4 is 0 Å². The first-order chi connectivity index (χ1) is 8.79. The van der Waals surface area contributed by atoms with Gasteiger partial charge in [-0.25, -0.2) is 4.79 Å². The number of aromatic nitrogens is 1. The first kappa shape index (κ1) is 11.4. The number of hydrogen-bond acceptors (Lipinski definition) is 4. The minimum absolute atomic E-state index is 0.260. The van der Waals surface area contributed by atoms with Gasteiger partial charge in [0.05, 0.1) is 12.8 Å². The van der Waals surface area contributed by atoms with Gasteiger partial charge >= 0.3 is 5.97 Å². The van der Waals surface area contributed by atoms with Gasteiger partial charge in [0.15, 0.2) is 0 Å². The first-order valence-corrected chi connectivity index (χ1v) is 6.74. The third-order valence-electron chi connectivity index (χ3n) is 3.04. The highest BCUT2D eigenvalue weighted by atomic mass is 32.1. The summed E-state index contributed by atoms with van der Waals surface area (Å²) in [5.41, 5.74) is 2.02. The average Bonchev–Trinajstić information content (AvgIpc) is 3.18. The number of methoxy groups -OCH3 is 1. The molecule has 1 saturated carbocycles. The number of ether oxygens (including phenoxy) is 1. The van der Waals surface area contributed by atoms with Gasteiger partial charge in [-0.05, 0) is 37.0 Å². The molecule has 0 unspecified atom stereocenters. The summed E-state index contributed by atoms with van der Waals surface area (Å²) in [7, 11) is 1.42. The zero-order chi connectivity index (χ0) is 12.5. The third kappa shape index (κ3) is 2.04. The molecule has 0 radical (unpaired) electrons. The van der Waals surface area contributed by atoms with Crippen molar-refractivity contribution < 1.29 is 9.53 Å². The van der Waals surface area contributed by atoms with Crippen molar-refractivity contribution in [2.45, 2.75) is 18.8 Å². The Morgan fingerprint density at radius 3 is 2.89 bits per heavy atom. The Balaban J connectivity index is 2.07.